The molecule has 0 aromatic heterocycles. The second-order valence-corrected chi connectivity index (χ2v) is 5.53. The molecular weight excluding hydrogens is 232 g/mol. The minimum Gasteiger partial charge on any atom is -0.481 e. The molecule has 0 aliphatic heterocycles. The maximum Gasteiger partial charge on any atom is 0.317 e. The second-order valence-electron chi connectivity index (χ2n) is 5.53. The molecule has 0 radical (unpaired) electrons. The first-order valence-corrected chi connectivity index (χ1v) is 6.63. The summed E-state index contributed by atoms with van der Waals surface area (Å²) in [6.45, 7) is 4.89. The fraction of sp³-hybridized carbons (Fsp3) is 0.846. The Hall–Kier alpha value is -1.26. The summed E-state index contributed by atoms with van der Waals surface area (Å²) < 4.78 is 0. The standard InChI is InChI=1S/C13H24N2O3/c1-4-10(2)9-15(3)12(18)14-13(6-5-7-13)8-11(16)17/h10H,4-9H2,1-3H3,(H,14,18)(H,16,17). The number of carbonyl (C=O) groups is 2. The smallest absolute Gasteiger partial charge is 0.317 e. The highest BCUT2D eigenvalue weighted by molar-refractivity contribution is 5.77. The van der Waals surface area contributed by atoms with E-state index >= 15 is 0 Å². The van der Waals surface area contributed by atoms with Crippen molar-refractivity contribution >= 4 is 12.0 Å². The number of urea groups is 1. The predicted molar refractivity (Wildman–Crippen MR) is 69.5 cm³/mol. The Morgan fingerprint density at radius 3 is 2.44 bits per heavy atom. The number of rotatable bonds is 6. The number of carboxylic acids is 1. The maximum absolute atomic E-state index is 12.0. The van der Waals surface area contributed by atoms with Gasteiger partial charge in [-0.15, -0.1) is 0 Å². The molecule has 18 heavy (non-hydrogen) atoms. The van der Waals surface area contributed by atoms with Gasteiger partial charge in [-0.05, 0) is 25.2 Å². The Balaban J connectivity index is 2.49. The quantitative estimate of drug-likeness (QED) is 0.764. The molecule has 2 amide bonds. The molecule has 1 rings (SSSR count). The van der Waals surface area contributed by atoms with Crippen LogP contribution in [-0.4, -0.2) is 41.1 Å². The lowest BCUT2D eigenvalue weighted by Crippen LogP contribution is -2.57. The first kappa shape index (κ1) is 14.8. The van der Waals surface area contributed by atoms with Gasteiger partial charge >= 0.3 is 12.0 Å². The molecule has 1 aliphatic carbocycles. The highest BCUT2D eigenvalue weighted by Gasteiger charge is 2.40. The molecule has 0 spiro atoms. The van der Waals surface area contributed by atoms with E-state index < -0.39 is 11.5 Å². The zero-order valence-electron chi connectivity index (χ0n) is 11.5. The van der Waals surface area contributed by atoms with E-state index in [4.69, 9.17) is 5.11 Å². The Kier molecular flexibility index (Phi) is 4.99. The molecule has 0 bridgehead atoms. The molecule has 1 aliphatic rings. The van der Waals surface area contributed by atoms with Crippen LogP contribution in [0, 0.1) is 5.92 Å². The molecule has 5 heteroatoms. The molecule has 0 saturated heterocycles. The van der Waals surface area contributed by atoms with Crippen molar-refractivity contribution in [1.29, 1.82) is 0 Å². The van der Waals surface area contributed by atoms with Gasteiger partial charge in [0.25, 0.3) is 0 Å². The molecule has 104 valence electrons. The average molecular weight is 256 g/mol. The van der Waals surface area contributed by atoms with Crippen molar-refractivity contribution in [1.82, 2.24) is 10.2 Å². The van der Waals surface area contributed by atoms with E-state index in [-0.39, 0.29) is 12.5 Å². The number of hydrogen-bond acceptors (Lipinski definition) is 2. The summed E-state index contributed by atoms with van der Waals surface area (Å²) in [4.78, 5) is 24.5. The van der Waals surface area contributed by atoms with Gasteiger partial charge in [0.05, 0.1) is 12.0 Å². The lowest BCUT2D eigenvalue weighted by atomic mass is 9.74. The van der Waals surface area contributed by atoms with Gasteiger partial charge in [0.15, 0.2) is 0 Å². The average Bonchev–Trinajstić information content (AvgIpc) is 2.24. The number of nitrogens with zero attached hydrogens (tertiary/aromatic N) is 1. The van der Waals surface area contributed by atoms with Crippen LogP contribution in [0.1, 0.15) is 46.0 Å². The predicted octanol–water partition coefficient (Wildman–Crippen LogP) is 2.07. The van der Waals surface area contributed by atoms with Crippen LogP contribution >= 0.6 is 0 Å². The number of amides is 2. The van der Waals surface area contributed by atoms with Gasteiger partial charge in [-0.2, -0.15) is 0 Å². The molecule has 1 atom stereocenters. The van der Waals surface area contributed by atoms with Crippen LogP contribution < -0.4 is 5.32 Å². The normalized spacial score (nSPS) is 18.6. The highest BCUT2D eigenvalue weighted by Crippen LogP contribution is 2.35. The SMILES string of the molecule is CCC(C)CN(C)C(=O)NC1(CC(=O)O)CCC1. The minimum absolute atomic E-state index is 0.0237. The van der Waals surface area contributed by atoms with E-state index in [0.29, 0.717) is 12.5 Å². The Bertz CT molecular complexity index is 313. The molecule has 1 unspecified atom stereocenters. The Morgan fingerprint density at radius 1 is 1.44 bits per heavy atom. The molecule has 2 N–H and O–H groups in total. The van der Waals surface area contributed by atoms with E-state index in [0.717, 1.165) is 25.7 Å². The third kappa shape index (κ3) is 3.89. The molecule has 1 fully saturated rings. The van der Waals surface area contributed by atoms with Gasteiger partial charge in [-0.1, -0.05) is 20.3 Å². The van der Waals surface area contributed by atoms with Gasteiger partial charge in [0.2, 0.25) is 0 Å². The van der Waals surface area contributed by atoms with Gasteiger partial charge < -0.3 is 15.3 Å². The van der Waals surface area contributed by atoms with Crippen LogP contribution in [0.5, 0.6) is 0 Å². The maximum atomic E-state index is 12.0. The van der Waals surface area contributed by atoms with Crippen molar-refractivity contribution < 1.29 is 14.7 Å². The van der Waals surface area contributed by atoms with E-state index in [1.807, 2.05) is 0 Å². The Morgan fingerprint density at radius 2 is 2.06 bits per heavy atom. The summed E-state index contributed by atoms with van der Waals surface area (Å²) in [5.74, 6) is -0.392. The van der Waals surface area contributed by atoms with E-state index in [1.54, 1.807) is 11.9 Å². The van der Waals surface area contributed by atoms with Crippen LogP contribution in [0.3, 0.4) is 0 Å². The minimum atomic E-state index is -0.848. The molecule has 5 nitrogen and oxygen atoms in total. The summed E-state index contributed by atoms with van der Waals surface area (Å²) in [6.07, 6.45) is 3.57. The highest BCUT2D eigenvalue weighted by atomic mass is 16.4. The van der Waals surface area contributed by atoms with Crippen LogP contribution in [0.15, 0.2) is 0 Å². The van der Waals surface area contributed by atoms with Crippen molar-refractivity contribution in [3.8, 4) is 0 Å². The molecule has 0 heterocycles. The second kappa shape index (κ2) is 6.07. The molecule has 1 saturated carbocycles. The van der Waals surface area contributed by atoms with Gasteiger partial charge in [-0.3, -0.25) is 4.79 Å². The lowest BCUT2D eigenvalue weighted by Gasteiger charge is -2.42. The third-order valence-electron chi connectivity index (χ3n) is 3.80. The zero-order valence-corrected chi connectivity index (χ0v) is 11.5. The van der Waals surface area contributed by atoms with E-state index in [1.165, 1.54) is 0 Å². The van der Waals surface area contributed by atoms with Gasteiger partial charge in [-0.25, -0.2) is 4.79 Å². The third-order valence-corrected chi connectivity index (χ3v) is 3.80. The number of carboxylic acid groups (broad SMARTS) is 1. The van der Waals surface area contributed by atoms with Crippen LogP contribution in [-0.2, 0) is 4.79 Å². The van der Waals surface area contributed by atoms with Crippen LogP contribution in [0.25, 0.3) is 0 Å². The number of hydrogen-bond donors (Lipinski definition) is 2. The first-order valence-electron chi connectivity index (χ1n) is 6.63. The molecule has 0 aromatic rings. The van der Waals surface area contributed by atoms with Crippen molar-refractivity contribution in [2.24, 2.45) is 5.92 Å². The van der Waals surface area contributed by atoms with Crippen molar-refractivity contribution in [3.05, 3.63) is 0 Å². The van der Waals surface area contributed by atoms with Crippen LogP contribution in [0.4, 0.5) is 4.79 Å². The van der Waals surface area contributed by atoms with Crippen molar-refractivity contribution in [2.45, 2.75) is 51.5 Å². The largest absolute Gasteiger partial charge is 0.481 e. The monoisotopic (exact) mass is 256 g/mol. The summed E-state index contributed by atoms with van der Waals surface area (Å²) >= 11 is 0. The summed E-state index contributed by atoms with van der Waals surface area (Å²) in [5.41, 5.74) is -0.507. The molecular formula is C13H24N2O3. The number of carbonyl (C=O) groups excluding carboxylic acids is 1. The van der Waals surface area contributed by atoms with E-state index in [2.05, 4.69) is 19.2 Å². The summed E-state index contributed by atoms with van der Waals surface area (Å²) in [7, 11) is 1.76. The first-order chi connectivity index (χ1) is 8.38. The van der Waals surface area contributed by atoms with Crippen LogP contribution in [0.2, 0.25) is 0 Å². The summed E-state index contributed by atoms with van der Waals surface area (Å²) in [5, 5.41) is 11.8. The van der Waals surface area contributed by atoms with Gasteiger partial charge in [0.1, 0.15) is 0 Å². The molecule has 0 aromatic carbocycles. The lowest BCUT2D eigenvalue weighted by molar-refractivity contribution is -0.139. The van der Waals surface area contributed by atoms with Gasteiger partial charge in [0, 0.05) is 13.6 Å². The Labute approximate surface area is 109 Å². The van der Waals surface area contributed by atoms with Crippen molar-refractivity contribution in [3.63, 3.8) is 0 Å². The fourth-order valence-electron chi connectivity index (χ4n) is 2.24. The topological polar surface area (TPSA) is 69.6 Å². The zero-order chi connectivity index (χ0) is 13.8. The summed E-state index contributed by atoms with van der Waals surface area (Å²) in [6, 6.07) is -0.156. The number of aliphatic carboxylic acids is 1. The van der Waals surface area contributed by atoms with E-state index in [9.17, 15) is 9.59 Å². The fourth-order valence-corrected chi connectivity index (χ4v) is 2.24. The number of nitrogens with one attached hydrogen (secondary N) is 1. The van der Waals surface area contributed by atoms with Crippen molar-refractivity contribution in [2.75, 3.05) is 13.6 Å².